The Bertz CT molecular complexity index is 837. The van der Waals surface area contributed by atoms with E-state index < -0.39 is 0 Å². The number of hydrogen-bond acceptors (Lipinski definition) is 6. The van der Waals surface area contributed by atoms with E-state index in [1.807, 2.05) is 6.07 Å². The van der Waals surface area contributed by atoms with Crippen molar-refractivity contribution in [3.05, 3.63) is 47.8 Å². The zero-order valence-corrected chi connectivity index (χ0v) is 14.2. The normalized spacial score (nSPS) is 18.5. The maximum absolute atomic E-state index is 6.01. The summed E-state index contributed by atoms with van der Waals surface area (Å²) >= 11 is 0. The number of H-pyrrole nitrogens is 1. The van der Waals surface area contributed by atoms with E-state index in [-0.39, 0.29) is 6.10 Å². The number of nitrogens with one attached hydrogen (secondary N) is 1. The maximum Gasteiger partial charge on any atom is 0.175 e. The van der Waals surface area contributed by atoms with Gasteiger partial charge in [0, 0.05) is 26.1 Å². The Morgan fingerprint density at radius 2 is 2.12 bits per heavy atom. The van der Waals surface area contributed by atoms with Crippen molar-refractivity contribution in [1.82, 2.24) is 25.5 Å². The molecule has 1 aliphatic heterocycles. The minimum Gasteiger partial charge on any atom is -0.497 e. The number of tetrazole rings is 1. The molecule has 0 radical (unpaired) electrons. The van der Waals surface area contributed by atoms with Gasteiger partial charge in [-0.3, -0.25) is 4.90 Å². The number of aromatic nitrogens is 4. The first kappa shape index (κ1) is 16.0. The highest BCUT2D eigenvalue weighted by atomic mass is 16.5. The zero-order chi connectivity index (χ0) is 17.1. The van der Waals surface area contributed by atoms with E-state index in [0.29, 0.717) is 0 Å². The van der Waals surface area contributed by atoms with Crippen LogP contribution in [0.2, 0.25) is 0 Å². The standard InChI is InChI=1S/C18H21N5O2/c1-24-16-5-4-13-10-15(3-2-14(13)11-16)17-12-23(8-9-25-17)7-6-18-19-21-22-20-18/h2-5,10-11,17H,6-9,12H2,1H3,(H,19,20,21,22)/t17-/m0/s1. The van der Waals surface area contributed by atoms with Crippen molar-refractivity contribution in [2.24, 2.45) is 0 Å². The maximum atomic E-state index is 6.01. The number of hydrogen-bond donors (Lipinski definition) is 1. The summed E-state index contributed by atoms with van der Waals surface area (Å²) in [7, 11) is 1.69. The molecule has 0 unspecified atom stereocenters. The molecule has 1 N–H and O–H groups in total. The highest BCUT2D eigenvalue weighted by Crippen LogP contribution is 2.27. The van der Waals surface area contributed by atoms with Gasteiger partial charge in [-0.25, -0.2) is 0 Å². The predicted octanol–water partition coefficient (Wildman–Crippen LogP) is 1.98. The summed E-state index contributed by atoms with van der Waals surface area (Å²) in [6, 6.07) is 12.6. The summed E-state index contributed by atoms with van der Waals surface area (Å²) in [4.78, 5) is 2.39. The molecule has 2 aromatic carbocycles. The van der Waals surface area contributed by atoms with Crippen LogP contribution in [-0.4, -0.2) is 58.9 Å². The first-order chi connectivity index (χ1) is 12.3. The number of nitrogens with zero attached hydrogens (tertiary/aromatic N) is 4. The summed E-state index contributed by atoms with van der Waals surface area (Å²) in [5.74, 6) is 1.63. The van der Waals surface area contributed by atoms with Gasteiger partial charge in [-0.05, 0) is 34.5 Å². The summed E-state index contributed by atoms with van der Waals surface area (Å²) in [6.45, 7) is 3.44. The summed E-state index contributed by atoms with van der Waals surface area (Å²) in [5.41, 5.74) is 1.21. The van der Waals surface area contributed by atoms with Crippen molar-refractivity contribution in [3.63, 3.8) is 0 Å². The molecule has 0 aliphatic carbocycles. The molecule has 0 spiro atoms. The van der Waals surface area contributed by atoms with Gasteiger partial charge in [0.2, 0.25) is 0 Å². The molecule has 7 heteroatoms. The molecule has 7 nitrogen and oxygen atoms in total. The molecule has 0 bridgehead atoms. The first-order valence-electron chi connectivity index (χ1n) is 8.46. The molecule has 1 saturated heterocycles. The fraction of sp³-hybridized carbons (Fsp3) is 0.389. The molecule has 130 valence electrons. The molecule has 1 fully saturated rings. The van der Waals surface area contributed by atoms with Crippen LogP contribution in [0.3, 0.4) is 0 Å². The van der Waals surface area contributed by atoms with Crippen molar-refractivity contribution in [3.8, 4) is 5.75 Å². The molecule has 3 aromatic rings. The van der Waals surface area contributed by atoms with E-state index in [1.54, 1.807) is 7.11 Å². The van der Waals surface area contributed by atoms with Crippen LogP contribution in [0.25, 0.3) is 10.8 Å². The fourth-order valence-corrected chi connectivity index (χ4v) is 3.22. The minimum atomic E-state index is 0.0884. The average Bonchev–Trinajstić information content (AvgIpc) is 3.19. The smallest absolute Gasteiger partial charge is 0.175 e. The molecule has 1 aromatic heterocycles. The Labute approximate surface area is 145 Å². The Morgan fingerprint density at radius 3 is 2.96 bits per heavy atom. The van der Waals surface area contributed by atoms with Crippen LogP contribution < -0.4 is 4.74 Å². The number of aromatic amines is 1. The van der Waals surface area contributed by atoms with Gasteiger partial charge in [-0.15, -0.1) is 10.2 Å². The molecule has 4 rings (SSSR count). The number of rotatable bonds is 5. The number of methoxy groups -OCH3 is 1. The number of morpholine rings is 1. The van der Waals surface area contributed by atoms with Crippen LogP contribution >= 0.6 is 0 Å². The third kappa shape index (κ3) is 3.62. The third-order valence-corrected chi connectivity index (χ3v) is 4.63. The monoisotopic (exact) mass is 339 g/mol. The lowest BCUT2D eigenvalue weighted by atomic mass is 10.0. The Balaban J connectivity index is 1.46. The van der Waals surface area contributed by atoms with Gasteiger partial charge in [0.15, 0.2) is 5.82 Å². The topological polar surface area (TPSA) is 76.2 Å². The van der Waals surface area contributed by atoms with Crippen molar-refractivity contribution in [2.45, 2.75) is 12.5 Å². The number of fused-ring (bicyclic) bond motifs is 1. The second-order valence-corrected chi connectivity index (χ2v) is 6.21. The third-order valence-electron chi connectivity index (χ3n) is 4.63. The summed E-state index contributed by atoms with van der Waals surface area (Å²) < 4.78 is 11.3. The minimum absolute atomic E-state index is 0.0884. The van der Waals surface area contributed by atoms with Crippen LogP contribution in [0, 0.1) is 0 Å². The van der Waals surface area contributed by atoms with Gasteiger partial charge < -0.3 is 9.47 Å². The molecule has 0 amide bonds. The van der Waals surface area contributed by atoms with Crippen LogP contribution in [0.15, 0.2) is 36.4 Å². The van der Waals surface area contributed by atoms with E-state index in [4.69, 9.17) is 9.47 Å². The van der Waals surface area contributed by atoms with E-state index in [2.05, 4.69) is 55.9 Å². The van der Waals surface area contributed by atoms with E-state index in [1.165, 1.54) is 16.3 Å². The molecular weight excluding hydrogens is 318 g/mol. The average molecular weight is 339 g/mol. The van der Waals surface area contributed by atoms with Gasteiger partial charge in [0.1, 0.15) is 5.75 Å². The van der Waals surface area contributed by atoms with Gasteiger partial charge in [-0.2, -0.15) is 5.21 Å². The highest BCUT2D eigenvalue weighted by Gasteiger charge is 2.22. The van der Waals surface area contributed by atoms with Crippen LogP contribution in [-0.2, 0) is 11.2 Å². The van der Waals surface area contributed by atoms with Crippen molar-refractivity contribution in [1.29, 1.82) is 0 Å². The molecule has 1 aliphatic rings. The fourth-order valence-electron chi connectivity index (χ4n) is 3.22. The van der Waals surface area contributed by atoms with Crippen molar-refractivity contribution in [2.75, 3.05) is 33.4 Å². The first-order valence-corrected chi connectivity index (χ1v) is 8.46. The summed E-state index contributed by atoms with van der Waals surface area (Å²) in [6.07, 6.45) is 0.881. The molecule has 2 heterocycles. The largest absolute Gasteiger partial charge is 0.497 e. The van der Waals surface area contributed by atoms with Crippen LogP contribution in [0.4, 0.5) is 0 Å². The van der Waals surface area contributed by atoms with Gasteiger partial charge in [0.25, 0.3) is 0 Å². The second kappa shape index (κ2) is 7.16. The van der Waals surface area contributed by atoms with Crippen molar-refractivity contribution < 1.29 is 9.47 Å². The molecule has 1 atom stereocenters. The lowest BCUT2D eigenvalue weighted by Gasteiger charge is -2.33. The van der Waals surface area contributed by atoms with Crippen LogP contribution in [0.5, 0.6) is 5.75 Å². The Hall–Kier alpha value is -2.51. The molecular formula is C18H21N5O2. The van der Waals surface area contributed by atoms with Gasteiger partial charge >= 0.3 is 0 Å². The SMILES string of the molecule is COc1ccc2cc([C@@H]3CN(CCc4nn[nH]n4)CCO3)ccc2c1. The number of ether oxygens (including phenoxy) is 2. The lowest BCUT2D eigenvalue weighted by Crippen LogP contribution is -2.39. The second-order valence-electron chi connectivity index (χ2n) is 6.21. The Morgan fingerprint density at radius 1 is 1.24 bits per heavy atom. The quantitative estimate of drug-likeness (QED) is 0.766. The van der Waals surface area contributed by atoms with Gasteiger partial charge in [-0.1, -0.05) is 23.4 Å². The molecule has 25 heavy (non-hydrogen) atoms. The summed E-state index contributed by atoms with van der Waals surface area (Å²) in [5, 5.41) is 16.5. The Kier molecular flexibility index (Phi) is 4.58. The lowest BCUT2D eigenvalue weighted by molar-refractivity contribution is -0.0296. The zero-order valence-electron chi connectivity index (χ0n) is 14.2. The van der Waals surface area contributed by atoms with Crippen LogP contribution in [0.1, 0.15) is 17.5 Å². The molecule has 0 saturated carbocycles. The van der Waals surface area contributed by atoms with Gasteiger partial charge in [0.05, 0.1) is 19.8 Å². The van der Waals surface area contributed by atoms with Crippen molar-refractivity contribution >= 4 is 10.8 Å². The highest BCUT2D eigenvalue weighted by molar-refractivity contribution is 5.84. The van der Waals surface area contributed by atoms with E-state index in [0.717, 1.165) is 44.2 Å². The predicted molar refractivity (Wildman–Crippen MR) is 93.5 cm³/mol. The van der Waals surface area contributed by atoms with E-state index in [9.17, 15) is 0 Å². The van der Waals surface area contributed by atoms with E-state index >= 15 is 0 Å². The number of benzene rings is 2.